The van der Waals surface area contributed by atoms with Crippen molar-refractivity contribution in [3.63, 3.8) is 0 Å². The van der Waals surface area contributed by atoms with Gasteiger partial charge in [0.1, 0.15) is 4.88 Å². The minimum Gasteiger partial charge on any atom is -0.375 e. The van der Waals surface area contributed by atoms with E-state index < -0.39 is 6.29 Å². The third-order valence-electron chi connectivity index (χ3n) is 2.15. The van der Waals surface area contributed by atoms with Gasteiger partial charge in [0.15, 0.2) is 11.4 Å². The number of anilines is 1. The van der Waals surface area contributed by atoms with Crippen LogP contribution in [0.5, 0.6) is 0 Å². The Hall–Kier alpha value is -1.18. The number of nitrogens with one attached hydrogen (secondary N) is 1. The van der Waals surface area contributed by atoms with Gasteiger partial charge in [0.25, 0.3) is 5.91 Å². The molecule has 1 amide bonds. The molecule has 0 aromatic carbocycles. The van der Waals surface area contributed by atoms with Crippen LogP contribution in [0.25, 0.3) is 0 Å². The lowest BCUT2D eigenvalue weighted by Gasteiger charge is -2.17. The Balaban J connectivity index is 2.51. The van der Waals surface area contributed by atoms with Crippen LogP contribution in [0, 0.1) is 6.92 Å². The zero-order chi connectivity index (χ0) is 13.5. The van der Waals surface area contributed by atoms with Gasteiger partial charge in [0.2, 0.25) is 0 Å². The molecule has 0 saturated carbocycles. The molecular weight excluding hydrogens is 254 g/mol. The molecule has 0 spiro atoms. The van der Waals surface area contributed by atoms with Gasteiger partial charge in [0, 0.05) is 13.2 Å². The second-order valence-corrected chi connectivity index (χ2v) is 4.55. The summed E-state index contributed by atoms with van der Waals surface area (Å²) in [5.41, 5.74) is 6.18. The van der Waals surface area contributed by atoms with E-state index in [0.717, 1.165) is 0 Å². The Morgan fingerprint density at radius 3 is 2.50 bits per heavy atom. The molecular formula is C11H19N3O3S. The number of nitrogens with zero attached hydrogens (tertiary/aromatic N) is 1. The summed E-state index contributed by atoms with van der Waals surface area (Å²) < 4.78 is 10.7. The van der Waals surface area contributed by atoms with E-state index in [1.165, 1.54) is 11.3 Å². The third-order valence-corrected chi connectivity index (χ3v) is 3.14. The summed E-state index contributed by atoms with van der Waals surface area (Å²) in [5.74, 6) is -0.203. The van der Waals surface area contributed by atoms with Gasteiger partial charge in [-0.1, -0.05) is 11.3 Å². The fourth-order valence-corrected chi connectivity index (χ4v) is 2.17. The lowest BCUT2D eigenvalue weighted by molar-refractivity contribution is -0.131. The topological polar surface area (TPSA) is 86.5 Å². The number of rotatable bonds is 7. The maximum Gasteiger partial charge on any atom is 0.263 e. The Morgan fingerprint density at radius 2 is 2.06 bits per heavy atom. The summed E-state index contributed by atoms with van der Waals surface area (Å²) in [4.78, 5) is 16.4. The summed E-state index contributed by atoms with van der Waals surface area (Å²) in [6.45, 7) is 6.88. The van der Waals surface area contributed by atoms with E-state index in [2.05, 4.69) is 10.3 Å². The molecule has 0 fully saturated rings. The molecule has 1 heterocycles. The Kier molecular flexibility index (Phi) is 6.03. The van der Waals surface area contributed by atoms with E-state index in [9.17, 15) is 4.79 Å². The summed E-state index contributed by atoms with van der Waals surface area (Å²) in [6, 6.07) is 0. The van der Waals surface area contributed by atoms with Crippen molar-refractivity contribution in [3.05, 3.63) is 10.6 Å². The van der Waals surface area contributed by atoms with Crippen molar-refractivity contribution in [2.45, 2.75) is 27.1 Å². The van der Waals surface area contributed by atoms with Crippen LogP contribution in [-0.4, -0.2) is 36.9 Å². The quantitative estimate of drug-likeness (QED) is 0.728. The van der Waals surface area contributed by atoms with Gasteiger partial charge in [-0.3, -0.25) is 4.79 Å². The minimum absolute atomic E-state index is 0.203. The second-order valence-electron chi connectivity index (χ2n) is 3.52. The number of hydrogen-bond donors (Lipinski definition) is 2. The zero-order valence-electron chi connectivity index (χ0n) is 10.9. The molecule has 1 rings (SSSR count). The van der Waals surface area contributed by atoms with Crippen LogP contribution in [-0.2, 0) is 9.47 Å². The zero-order valence-corrected chi connectivity index (χ0v) is 11.7. The molecule has 3 N–H and O–H groups in total. The fraction of sp³-hybridized carbons (Fsp3) is 0.636. The second kappa shape index (κ2) is 7.30. The number of nitrogen functional groups attached to an aromatic ring is 1. The van der Waals surface area contributed by atoms with Gasteiger partial charge in [-0.15, -0.1) is 0 Å². The Bertz CT molecular complexity index is 389. The van der Waals surface area contributed by atoms with E-state index in [1.807, 2.05) is 13.8 Å². The molecule has 0 aliphatic rings. The van der Waals surface area contributed by atoms with Crippen molar-refractivity contribution in [2.24, 2.45) is 0 Å². The van der Waals surface area contributed by atoms with Gasteiger partial charge in [-0.25, -0.2) is 4.98 Å². The number of hydrogen-bond acceptors (Lipinski definition) is 6. The summed E-state index contributed by atoms with van der Waals surface area (Å²) in [5, 5.41) is 3.14. The summed E-state index contributed by atoms with van der Waals surface area (Å²) >= 11 is 1.17. The molecule has 0 aliphatic heterocycles. The first-order chi connectivity index (χ1) is 8.58. The van der Waals surface area contributed by atoms with E-state index >= 15 is 0 Å². The van der Waals surface area contributed by atoms with Gasteiger partial charge in [-0.05, 0) is 20.8 Å². The van der Waals surface area contributed by atoms with E-state index in [4.69, 9.17) is 15.2 Å². The summed E-state index contributed by atoms with van der Waals surface area (Å²) in [7, 11) is 0. The highest BCUT2D eigenvalue weighted by atomic mass is 32.1. The molecule has 6 nitrogen and oxygen atoms in total. The van der Waals surface area contributed by atoms with Crippen molar-refractivity contribution in [2.75, 3.05) is 25.5 Å². The lowest BCUT2D eigenvalue weighted by Crippen LogP contribution is -2.35. The molecule has 0 saturated heterocycles. The SMILES string of the molecule is CCOC(CNC(=O)c1sc(N)nc1C)OCC. The first-order valence-electron chi connectivity index (χ1n) is 5.82. The molecule has 0 unspecified atom stereocenters. The minimum atomic E-state index is -0.422. The molecule has 18 heavy (non-hydrogen) atoms. The number of carbonyl (C=O) groups is 1. The number of aromatic nitrogens is 1. The fourth-order valence-electron chi connectivity index (χ4n) is 1.42. The number of carbonyl (C=O) groups excluding carboxylic acids is 1. The molecule has 1 aromatic heterocycles. The predicted octanol–water partition coefficient (Wildman–Crippen LogP) is 1.16. The van der Waals surface area contributed by atoms with E-state index in [1.54, 1.807) is 6.92 Å². The van der Waals surface area contributed by atoms with Crippen LogP contribution in [0.15, 0.2) is 0 Å². The average Bonchev–Trinajstić information content (AvgIpc) is 2.65. The smallest absolute Gasteiger partial charge is 0.263 e. The lowest BCUT2D eigenvalue weighted by atomic mass is 10.4. The first kappa shape index (κ1) is 14.9. The van der Waals surface area contributed by atoms with Crippen molar-refractivity contribution >= 4 is 22.4 Å². The van der Waals surface area contributed by atoms with Crippen molar-refractivity contribution in [3.8, 4) is 0 Å². The van der Waals surface area contributed by atoms with Gasteiger partial charge in [-0.2, -0.15) is 0 Å². The number of nitrogens with two attached hydrogens (primary N) is 1. The normalized spacial score (nSPS) is 10.9. The van der Waals surface area contributed by atoms with E-state index in [0.29, 0.717) is 35.5 Å². The van der Waals surface area contributed by atoms with Crippen molar-refractivity contribution in [1.29, 1.82) is 0 Å². The molecule has 0 radical (unpaired) electrons. The Morgan fingerprint density at radius 1 is 1.44 bits per heavy atom. The highest BCUT2D eigenvalue weighted by Crippen LogP contribution is 2.19. The molecule has 0 aliphatic carbocycles. The summed E-state index contributed by atoms with van der Waals surface area (Å²) in [6.07, 6.45) is -0.422. The highest BCUT2D eigenvalue weighted by molar-refractivity contribution is 7.17. The van der Waals surface area contributed by atoms with Crippen LogP contribution < -0.4 is 11.1 Å². The van der Waals surface area contributed by atoms with Gasteiger partial charge in [0.05, 0.1) is 12.2 Å². The van der Waals surface area contributed by atoms with Crippen molar-refractivity contribution < 1.29 is 14.3 Å². The number of amides is 1. The van der Waals surface area contributed by atoms with Crippen LogP contribution in [0.3, 0.4) is 0 Å². The van der Waals surface area contributed by atoms with Crippen molar-refractivity contribution in [1.82, 2.24) is 10.3 Å². The van der Waals surface area contributed by atoms with Gasteiger partial charge < -0.3 is 20.5 Å². The third kappa shape index (κ3) is 4.25. The monoisotopic (exact) mass is 273 g/mol. The average molecular weight is 273 g/mol. The maximum atomic E-state index is 11.9. The van der Waals surface area contributed by atoms with E-state index in [-0.39, 0.29) is 5.91 Å². The number of aryl methyl sites for hydroxylation is 1. The predicted molar refractivity (Wildman–Crippen MR) is 70.6 cm³/mol. The molecule has 0 bridgehead atoms. The molecule has 0 atom stereocenters. The number of ether oxygens (including phenoxy) is 2. The van der Waals surface area contributed by atoms with Crippen LogP contribution in [0.4, 0.5) is 5.13 Å². The van der Waals surface area contributed by atoms with Crippen LogP contribution in [0.2, 0.25) is 0 Å². The maximum absolute atomic E-state index is 11.9. The molecule has 1 aromatic rings. The van der Waals surface area contributed by atoms with Crippen LogP contribution >= 0.6 is 11.3 Å². The molecule has 102 valence electrons. The standard InChI is InChI=1S/C11H19N3O3S/c1-4-16-8(17-5-2)6-13-10(15)9-7(3)14-11(12)18-9/h8H,4-6H2,1-3H3,(H2,12,14)(H,13,15). The largest absolute Gasteiger partial charge is 0.375 e. The first-order valence-corrected chi connectivity index (χ1v) is 6.64. The van der Waals surface area contributed by atoms with Gasteiger partial charge >= 0.3 is 0 Å². The number of thiazole rings is 1. The Labute approximate surface area is 110 Å². The van der Waals surface area contributed by atoms with Crippen LogP contribution in [0.1, 0.15) is 29.2 Å². The molecule has 7 heteroatoms. The highest BCUT2D eigenvalue weighted by Gasteiger charge is 2.16.